The maximum atomic E-state index is 6.44. The minimum atomic E-state index is -0.807. The second-order valence-electron chi connectivity index (χ2n) is 5.73. The number of likely N-dealkylation sites (N-methyl/N-ethyl adjacent to an activating group) is 1. The summed E-state index contributed by atoms with van der Waals surface area (Å²) in [6.45, 7) is 1.36. The molecule has 2 aliphatic rings. The number of nitrogens with one attached hydrogen (secondary N) is 1. The fourth-order valence-corrected chi connectivity index (χ4v) is 3.33. The van der Waals surface area contributed by atoms with E-state index in [1.807, 2.05) is 31.3 Å². The smallest absolute Gasteiger partial charge is 0.224 e. The van der Waals surface area contributed by atoms with Crippen LogP contribution < -0.4 is 5.32 Å². The summed E-state index contributed by atoms with van der Waals surface area (Å²) in [5.74, 6) is -0.807. The van der Waals surface area contributed by atoms with E-state index in [1.54, 1.807) is 0 Å². The van der Waals surface area contributed by atoms with Crippen molar-refractivity contribution in [3.05, 3.63) is 70.8 Å². The molecule has 1 unspecified atom stereocenters. The van der Waals surface area contributed by atoms with Crippen molar-refractivity contribution in [2.24, 2.45) is 0 Å². The third-order valence-electron chi connectivity index (χ3n) is 4.31. The molecule has 1 N–H and O–H groups in total. The van der Waals surface area contributed by atoms with Gasteiger partial charge in [-0.05, 0) is 18.2 Å². The highest BCUT2D eigenvalue weighted by Crippen LogP contribution is 2.45. The van der Waals surface area contributed by atoms with Crippen LogP contribution in [0.4, 0.5) is 0 Å². The molecule has 22 heavy (non-hydrogen) atoms. The first-order chi connectivity index (χ1) is 10.8. The standard InChI is InChI=1S/C19H19NO2/c1-20-12-16-13-21-19(22-16)17-8-4-2-6-14(17)10-11-15-7-3-5-9-18(15)19/h2-11,16,20H,12-13H2,1H3. The number of fused-ring (bicyclic) bond motifs is 4. The molecule has 1 aliphatic heterocycles. The maximum Gasteiger partial charge on any atom is 0.224 e. The van der Waals surface area contributed by atoms with Crippen LogP contribution in [0.1, 0.15) is 22.3 Å². The molecule has 2 aromatic rings. The van der Waals surface area contributed by atoms with E-state index in [4.69, 9.17) is 9.47 Å². The van der Waals surface area contributed by atoms with Crippen LogP contribution in [0.25, 0.3) is 12.2 Å². The first-order valence-corrected chi connectivity index (χ1v) is 7.67. The van der Waals surface area contributed by atoms with Crippen LogP contribution in [0.15, 0.2) is 48.5 Å². The normalized spacial score (nSPS) is 21.4. The third kappa shape index (κ3) is 2.02. The zero-order valence-electron chi connectivity index (χ0n) is 12.6. The van der Waals surface area contributed by atoms with Crippen LogP contribution in [0.2, 0.25) is 0 Å². The summed E-state index contributed by atoms with van der Waals surface area (Å²) in [6, 6.07) is 16.6. The highest BCUT2D eigenvalue weighted by atomic mass is 16.7. The van der Waals surface area contributed by atoms with Crippen LogP contribution in [0.5, 0.6) is 0 Å². The summed E-state index contributed by atoms with van der Waals surface area (Å²) in [7, 11) is 1.94. The van der Waals surface area contributed by atoms with Gasteiger partial charge < -0.3 is 14.8 Å². The van der Waals surface area contributed by atoms with Gasteiger partial charge >= 0.3 is 0 Å². The van der Waals surface area contributed by atoms with E-state index in [1.165, 1.54) is 0 Å². The molecule has 3 heteroatoms. The summed E-state index contributed by atoms with van der Waals surface area (Å²) >= 11 is 0. The minimum absolute atomic E-state index is 0.0456. The predicted molar refractivity (Wildman–Crippen MR) is 87.3 cm³/mol. The largest absolute Gasteiger partial charge is 0.339 e. The summed E-state index contributed by atoms with van der Waals surface area (Å²) in [6.07, 6.45) is 4.33. The lowest BCUT2D eigenvalue weighted by Crippen LogP contribution is -2.33. The zero-order chi connectivity index (χ0) is 15.0. The molecule has 1 fully saturated rings. The van der Waals surface area contributed by atoms with Crippen LogP contribution in [0, 0.1) is 0 Å². The topological polar surface area (TPSA) is 30.5 Å². The molecule has 1 saturated heterocycles. The van der Waals surface area contributed by atoms with Gasteiger partial charge in [-0.25, -0.2) is 0 Å². The Morgan fingerprint density at radius 2 is 1.59 bits per heavy atom. The number of hydrogen-bond donors (Lipinski definition) is 1. The summed E-state index contributed by atoms with van der Waals surface area (Å²) < 4.78 is 12.7. The Bertz CT molecular complexity index is 673. The molecule has 4 rings (SSSR count). The highest BCUT2D eigenvalue weighted by Gasteiger charge is 2.47. The van der Waals surface area contributed by atoms with Gasteiger partial charge in [0.2, 0.25) is 5.79 Å². The Kier molecular flexibility index (Phi) is 3.34. The van der Waals surface area contributed by atoms with E-state index in [2.05, 4.69) is 41.7 Å². The molecule has 2 aromatic carbocycles. The second kappa shape index (κ2) is 5.36. The van der Waals surface area contributed by atoms with Gasteiger partial charge in [-0.1, -0.05) is 60.7 Å². The van der Waals surface area contributed by atoms with Gasteiger partial charge in [0.05, 0.1) is 12.7 Å². The van der Waals surface area contributed by atoms with Gasteiger partial charge in [-0.15, -0.1) is 0 Å². The molecular formula is C19H19NO2. The van der Waals surface area contributed by atoms with Gasteiger partial charge in [0.25, 0.3) is 0 Å². The Labute approximate surface area is 130 Å². The van der Waals surface area contributed by atoms with Crippen molar-refractivity contribution in [2.45, 2.75) is 11.9 Å². The lowest BCUT2D eigenvalue weighted by molar-refractivity contribution is -0.142. The lowest BCUT2D eigenvalue weighted by atomic mass is 9.93. The quantitative estimate of drug-likeness (QED) is 0.923. The Balaban J connectivity index is 1.91. The molecule has 1 spiro atoms. The first kappa shape index (κ1) is 13.7. The number of ether oxygens (including phenoxy) is 2. The van der Waals surface area contributed by atoms with Crippen LogP contribution in [-0.2, 0) is 15.3 Å². The molecular weight excluding hydrogens is 274 g/mol. The molecule has 0 aromatic heterocycles. The van der Waals surface area contributed by atoms with Gasteiger partial charge in [-0.2, -0.15) is 0 Å². The van der Waals surface area contributed by atoms with Gasteiger partial charge in [0.1, 0.15) is 0 Å². The second-order valence-corrected chi connectivity index (χ2v) is 5.73. The predicted octanol–water partition coefficient (Wildman–Crippen LogP) is 3.01. The van der Waals surface area contributed by atoms with Crippen LogP contribution in [0.3, 0.4) is 0 Å². The molecule has 1 aliphatic carbocycles. The Hall–Kier alpha value is -1.94. The number of hydrogen-bond acceptors (Lipinski definition) is 3. The summed E-state index contributed by atoms with van der Waals surface area (Å²) in [5.41, 5.74) is 4.44. The first-order valence-electron chi connectivity index (χ1n) is 7.67. The van der Waals surface area contributed by atoms with Crippen LogP contribution >= 0.6 is 0 Å². The van der Waals surface area contributed by atoms with Crippen molar-refractivity contribution in [1.82, 2.24) is 5.32 Å². The molecule has 0 bridgehead atoms. The van der Waals surface area contributed by atoms with Gasteiger partial charge in [0, 0.05) is 17.7 Å². The lowest BCUT2D eigenvalue weighted by Gasteiger charge is -2.30. The van der Waals surface area contributed by atoms with E-state index < -0.39 is 5.79 Å². The molecule has 1 heterocycles. The average molecular weight is 293 g/mol. The Morgan fingerprint density at radius 1 is 1.00 bits per heavy atom. The van der Waals surface area contributed by atoms with E-state index >= 15 is 0 Å². The fraction of sp³-hybridized carbons (Fsp3) is 0.263. The third-order valence-corrected chi connectivity index (χ3v) is 4.31. The van der Waals surface area contributed by atoms with Crippen molar-refractivity contribution in [2.75, 3.05) is 20.2 Å². The van der Waals surface area contributed by atoms with Crippen molar-refractivity contribution in [1.29, 1.82) is 0 Å². The maximum absolute atomic E-state index is 6.44. The Morgan fingerprint density at radius 3 is 2.18 bits per heavy atom. The van der Waals surface area contributed by atoms with E-state index in [9.17, 15) is 0 Å². The van der Waals surface area contributed by atoms with Gasteiger partial charge in [0.15, 0.2) is 0 Å². The molecule has 112 valence electrons. The molecule has 3 nitrogen and oxygen atoms in total. The molecule has 0 amide bonds. The average Bonchev–Trinajstić information content (AvgIpc) is 2.93. The van der Waals surface area contributed by atoms with E-state index in [-0.39, 0.29) is 6.10 Å². The van der Waals surface area contributed by atoms with Crippen LogP contribution in [-0.4, -0.2) is 26.3 Å². The monoisotopic (exact) mass is 293 g/mol. The highest BCUT2D eigenvalue weighted by molar-refractivity contribution is 5.76. The van der Waals surface area contributed by atoms with Crippen molar-refractivity contribution in [3.8, 4) is 0 Å². The molecule has 0 radical (unpaired) electrons. The fourth-order valence-electron chi connectivity index (χ4n) is 3.33. The molecule has 1 atom stereocenters. The van der Waals surface area contributed by atoms with Crippen molar-refractivity contribution < 1.29 is 9.47 Å². The number of rotatable bonds is 2. The van der Waals surface area contributed by atoms with E-state index in [0.29, 0.717) is 6.61 Å². The number of benzene rings is 2. The van der Waals surface area contributed by atoms with E-state index in [0.717, 1.165) is 28.8 Å². The van der Waals surface area contributed by atoms with Crippen molar-refractivity contribution >= 4 is 12.2 Å². The minimum Gasteiger partial charge on any atom is -0.339 e. The SMILES string of the molecule is CNCC1COC2(O1)c1ccccc1C=Cc1ccccc12. The summed E-state index contributed by atoms with van der Waals surface area (Å²) in [4.78, 5) is 0. The van der Waals surface area contributed by atoms with Crippen molar-refractivity contribution in [3.63, 3.8) is 0 Å². The zero-order valence-corrected chi connectivity index (χ0v) is 12.6. The summed E-state index contributed by atoms with van der Waals surface area (Å²) in [5, 5.41) is 3.17. The van der Waals surface area contributed by atoms with Gasteiger partial charge in [-0.3, -0.25) is 0 Å². The molecule has 0 saturated carbocycles.